The molecule has 0 unspecified atom stereocenters. The van der Waals surface area contributed by atoms with Gasteiger partial charge in [0.2, 0.25) is 0 Å². The van der Waals surface area contributed by atoms with Crippen molar-refractivity contribution in [3.8, 4) is 5.75 Å². The summed E-state index contributed by atoms with van der Waals surface area (Å²) in [5.41, 5.74) is 3.06. The third kappa shape index (κ3) is 4.53. The zero-order valence-corrected chi connectivity index (χ0v) is 15.6. The molecule has 0 atom stereocenters. The van der Waals surface area contributed by atoms with Gasteiger partial charge in [-0.3, -0.25) is 9.20 Å². The Bertz CT molecular complexity index is 1020. The van der Waals surface area contributed by atoms with Crippen molar-refractivity contribution >= 4 is 11.6 Å². The summed E-state index contributed by atoms with van der Waals surface area (Å²) in [5.74, 6) is 0.536. The van der Waals surface area contributed by atoms with E-state index in [4.69, 9.17) is 9.47 Å². The number of benzene rings is 1. The number of ether oxygens (including phenoxy) is 2. The van der Waals surface area contributed by atoms with Gasteiger partial charge >= 0.3 is 5.97 Å². The van der Waals surface area contributed by atoms with Crippen LogP contribution in [-0.4, -0.2) is 22.0 Å². The van der Waals surface area contributed by atoms with E-state index >= 15 is 0 Å². The van der Waals surface area contributed by atoms with E-state index in [0.717, 1.165) is 5.56 Å². The van der Waals surface area contributed by atoms with E-state index in [0.29, 0.717) is 23.0 Å². The van der Waals surface area contributed by atoms with E-state index in [1.807, 2.05) is 25.1 Å². The highest BCUT2D eigenvalue weighted by Gasteiger charge is 2.09. The SMILES string of the molecule is Cc1cc(OCC(=O)OCc2cc(=O)n3ccccc3n2)ccc1C(C)C. The minimum absolute atomic E-state index is 0.0753. The molecule has 6 nitrogen and oxygen atoms in total. The molecule has 0 aliphatic heterocycles. The van der Waals surface area contributed by atoms with Gasteiger partial charge in [-0.1, -0.05) is 26.0 Å². The van der Waals surface area contributed by atoms with Crippen molar-refractivity contribution in [2.24, 2.45) is 0 Å². The van der Waals surface area contributed by atoms with E-state index in [-0.39, 0.29) is 18.8 Å². The Morgan fingerprint density at radius 2 is 2.00 bits per heavy atom. The maximum atomic E-state index is 12.0. The van der Waals surface area contributed by atoms with Crippen molar-refractivity contribution in [3.05, 3.63) is 75.8 Å². The van der Waals surface area contributed by atoms with Gasteiger partial charge in [-0.15, -0.1) is 0 Å². The van der Waals surface area contributed by atoms with Crippen molar-refractivity contribution in [1.29, 1.82) is 0 Å². The smallest absolute Gasteiger partial charge is 0.344 e. The molecule has 6 heteroatoms. The molecule has 2 aromatic heterocycles. The summed E-state index contributed by atoms with van der Waals surface area (Å²) in [7, 11) is 0. The van der Waals surface area contributed by atoms with Crippen LogP contribution in [0.25, 0.3) is 5.65 Å². The molecular formula is C21H22N2O4. The highest BCUT2D eigenvalue weighted by molar-refractivity contribution is 5.71. The standard InChI is InChI=1S/C21H22N2O4/c1-14(2)18-8-7-17(10-15(18)3)26-13-21(25)27-12-16-11-20(24)23-9-5-4-6-19(23)22-16/h4-11,14H,12-13H2,1-3H3. The molecule has 0 radical (unpaired) electrons. The molecule has 0 amide bonds. The molecule has 2 heterocycles. The third-order valence-electron chi connectivity index (χ3n) is 4.23. The van der Waals surface area contributed by atoms with E-state index in [2.05, 4.69) is 18.8 Å². The van der Waals surface area contributed by atoms with Crippen LogP contribution in [0.1, 0.15) is 36.6 Å². The number of carbonyl (C=O) groups excluding carboxylic acids is 1. The Hall–Kier alpha value is -3.15. The van der Waals surface area contributed by atoms with Crippen molar-refractivity contribution in [2.45, 2.75) is 33.3 Å². The number of rotatable bonds is 6. The molecule has 0 spiro atoms. The maximum absolute atomic E-state index is 12.0. The lowest BCUT2D eigenvalue weighted by Gasteiger charge is -2.12. The predicted octanol–water partition coefficient (Wildman–Crippen LogP) is 3.25. The molecule has 0 aliphatic carbocycles. The minimum Gasteiger partial charge on any atom is -0.482 e. The van der Waals surface area contributed by atoms with Crippen LogP contribution >= 0.6 is 0 Å². The molecule has 0 bridgehead atoms. The van der Waals surface area contributed by atoms with Crippen LogP contribution < -0.4 is 10.3 Å². The van der Waals surface area contributed by atoms with Gasteiger partial charge in [0, 0.05) is 12.3 Å². The topological polar surface area (TPSA) is 69.9 Å². The van der Waals surface area contributed by atoms with Crippen LogP contribution in [0.15, 0.2) is 53.5 Å². The van der Waals surface area contributed by atoms with Crippen molar-refractivity contribution in [2.75, 3.05) is 6.61 Å². The van der Waals surface area contributed by atoms with Gasteiger partial charge in [-0.25, -0.2) is 9.78 Å². The summed E-state index contributed by atoms with van der Waals surface area (Å²) in [6.07, 6.45) is 1.64. The third-order valence-corrected chi connectivity index (χ3v) is 4.23. The lowest BCUT2D eigenvalue weighted by Crippen LogP contribution is -2.18. The molecule has 0 saturated heterocycles. The molecule has 0 N–H and O–H groups in total. The molecule has 1 aromatic carbocycles. The zero-order valence-electron chi connectivity index (χ0n) is 15.6. The maximum Gasteiger partial charge on any atom is 0.344 e. The van der Waals surface area contributed by atoms with Gasteiger partial charge in [-0.05, 0) is 48.2 Å². The Balaban J connectivity index is 1.57. The van der Waals surface area contributed by atoms with Crippen LogP contribution in [0.2, 0.25) is 0 Å². The summed E-state index contributed by atoms with van der Waals surface area (Å²) in [4.78, 5) is 28.3. The fourth-order valence-electron chi connectivity index (χ4n) is 2.90. The predicted molar refractivity (Wildman–Crippen MR) is 102 cm³/mol. The number of fused-ring (bicyclic) bond motifs is 1. The van der Waals surface area contributed by atoms with Crippen LogP contribution in [-0.2, 0) is 16.1 Å². The van der Waals surface area contributed by atoms with Gasteiger partial charge in [0.25, 0.3) is 5.56 Å². The van der Waals surface area contributed by atoms with Gasteiger partial charge in [-0.2, -0.15) is 0 Å². The van der Waals surface area contributed by atoms with Crippen LogP contribution in [0.3, 0.4) is 0 Å². The quantitative estimate of drug-likeness (QED) is 0.627. The second-order valence-electron chi connectivity index (χ2n) is 6.64. The van der Waals surface area contributed by atoms with E-state index in [1.165, 1.54) is 16.0 Å². The molecule has 140 valence electrons. The number of aromatic nitrogens is 2. The van der Waals surface area contributed by atoms with Crippen molar-refractivity contribution < 1.29 is 14.3 Å². The van der Waals surface area contributed by atoms with Gasteiger partial charge in [0.15, 0.2) is 6.61 Å². The Labute approximate surface area is 157 Å². The Kier molecular flexibility index (Phi) is 5.54. The molecule has 0 fully saturated rings. The summed E-state index contributed by atoms with van der Waals surface area (Å²) in [5, 5.41) is 0. The van der Waals surface area contributed by atoms with Crippen molar-refractivity contribution in [3.63, 3.8) is 0 Å². The number of carbonyl (C=O) groups is 1. The zero-order chi connectivity index (χ0) is 19.4. The number of nitrogens with zero attached hydrogens (tertiary/aromatic N) is 2. The molecule has 0 aliphatic rings. The molecule has 0 saturated carbocycles. The monoisotopic (exact) mass is 366 g/mol. The largest absolute Gasteiger partial charge is 0.482 e. The summed E-state index contributed by atoms with van der Waals surface area (Å²) in [6, 6.07) is 12.4. The average molecular weight is 366 g/mol. The van der Waals surface area contributed by atoms with Crippen LogP contribution in [0, 0.1) is 6.92 Å². The fourth-order valence-corrected chi connectivity index (χ4v) is 2.90. The highest BCUT2D eigenvalue weighted by atomic mass is 16.6. The normalized spacial score (nSPS) is 11.0. The summed E-state index contributed by atoms with van der Waals surface area (Å²) < 4.78 is 12.1. The van der Waals surface area contributed by atoms with Gasteiger partial charge < -0.3 is 9.47 Å². The number of esters is 1. The Morgan fingerprint density at radius 1 is 1.19 bits per heavy atom. The van der Waals surface area contributed by atoms with Crippen LogP contribution in [0.5, 0.6) is 5.75 Å². The van der Waals surface area contributed by atoms with Gasteiger partial charge in [0.05, 0.1) is 5.69 Å². The Morgan fingerprint density at radius 3 is 2.74 bits per heavy atom. The van der Waals surface area contributed by atoms with Crippen LogP contribution in [0.4, 0.5) is 0 Å². The number of hydrogen-bond donors (Lipinski definition) is 0. The number of aryl methyl sites for hydroxylation is 1. The van der Waals surface area contributed by atoms with Gasteiger partial charge in [0.1, 0.15) is 18.0 Å². The molecule has 27 heavy (non-hydrogen) atoms. The molecular weight excluding hydrogens is 344 g/mol. The first-order chi connectivity index (χ1) is 12.9. The average Bonchev–Trinajstić information content (AvgIpc) is 2.64. The first-order valence-corrected chi connectivity index (χ1v) is 8.80. The van der Waals surface area contributed by atoms with E-state index < -0.39 is 5.97 Å². The summed E-state index contributed by atoms with van der Waals surface area (Å²) >= 11 is 0. The highest BCUT2D eigenvalue weighted by Crippen LogP contribution is 2.23. The van der Waals surface area contributed by atoms with E-state index in [9.17, 15) is 9.59 Å². The van der Waals surface area contributed by atoms with Crippen molar-refractivity contribution in [1.82, 2.24) is 9.38 Å². The second kappa shape index (κ2) is 8.03. The fraction of sp³-hybridized carbons (Fsp3) is 0.286. The van der Waals surface area contributed by atoms with E-state index in [1.54, 1.807) is 24.4 Å². The lowest BCUT2D eigenvalue weighted by atomic mass is 9.98. The lowest BCUT2D eigenvalue weighted by molar-refractivity contribution is -0.147. The number of pyridine rings is 1. The molecule has 3 rings (SSSR count). The first-order valence-electron chi connectivity index (χ1n) is 8.80. The second-order valence-corrected chi connectivity index (χ2v) is 6.64. The first kappa shape index (κ1) is 18.6. The number of hydrogen-bond acceptors (Lipinski definition) is 5. The summed E-state index contributed by atoms with van der Waals surface area (Å²) in [6.45, 7) is 6.01. The molecule has 3 aromatic rings. The minimum atomic E-state index is -0.518.